The van der Waals surface area contributed by atoms with E-state index in [-0.39, 0.29) is 23.4 Å². The van der Waals surface area contributed by atoms with Crippen molar-refractivity contribution in [1.82, 2.24) is 9.88 Å². The highest BCUT2D eigenvalue weighted by atomic mass is 32.2. The molecule has 2 fully saturated rings. The van der Waals surface area contributed by atoms with Crippen molar-refractivity contribution in [2.75, 3.05) is 32.1 Å². The number of carboxylic acids is 1. The molecule has 3 heterocycles. The summed E-state index contributed by atoms with van der Waals surface area (Å²) in [5, 5.41) is 7.12. The van der Waals surface area contributed by atoms with E-state index in [0.717, 1.165) is 31.0 Å². The van der Waals surface area contributed by atoms with Crippen LogP contribution < -0.4 is 0 Å². The monoisotopic (exact) mass is 436 g/mol. The van der Waals surface area contributed by atoms with Crippen LogP contribution in [0.15, 0.2) is 24.4 Å². The molecule has 1 aromatic rings. The number of carbonyl (C=O) groups excluding carboxylic acids is 1. The number of alkyl halides is 3. The number of aliphatic carboxylic acids is 1. The lowest BCUT2D eigenvalue weighted by atomic mass is 9.93. The fourth-order valence-electron chi connectivity index (χ4n) is 2.92. The Morgan fingerprint density at radius 1 is 1.38 bits per heavy atom. The summed E-state index contributed by atoms with van der Waals surface area (Å²) in [6.07, 6.45) is -2.02. The van der Waals surface area contributed by atoms with E-state index in [1.165, 1.54) is 0 Å². The largest absolute Gasteiger partial charge is 0.490 e. The molecular weight excluding hydrogens is 413 g/mol. The molecule has 1 atom stereocenters. The van der Waals surface area contributed by atoms with Gasteiger partial charge in [0.25, 0.3) is 0 Å². The van der Waals surface area contributed by atoms with Gasteiger partial charge in [0.2, 0.25) is 5.91 Å². The first-order valence-corrected chi connectivity index (χ1v) is 9.95. The van der Waals surface area contributed by atoms with Gasteiger partial charge in [0, 0.05) is 31.6 Å². The molecule has 29 heavy (non-hydrogen) atoms. The first-order valence-electron chi connectivity index (χ1n) is 8.96. The predicted molar refractivity (Wildman–Crippen MR) is 99.4 cm³/mol. The standard InChI is InChI=1S/C16H22N2O3S.C2HF3O2/c1-2-20-9-15(19)18-11-16(12-18)7-14(10-22-16)21-8-13-5-3-4-6-17-13;3-2(4,5)1(6)7/h3-6,14H,2,7-12H2,1H3;(H,6,7). The van der Waals surface area contributed by atoms with E-state index in [2.05, 4.69) is 4.98 Å². The lowest BCUT2D eigenvalue weighted by Gasteiger charge is -2.47. The molecule has 2 aliphatic rings. The van der Waals surface area contributed by atoms with Crippen LogP contribution in [0.4, 0.5) is 13.2 Å². The second-order valence-corrected chi connectivity index (χ2v) is 8.13. The average Bonchev–Trinajstić information content (AvgIpc) is 3.08. The van der Waals surface area contributed by atoms with Crippen LogP contribution in [0.1, 0.15) is 19.0 Å². The van der Waals surface area contributed by atoms with Crippen LogP contribution in [-0.2, 0) is 25.7 Å². The summed E-state index contributed by atoms with van der Waals surface area (Å²) >= 11 is 1.94. The van der Waals surface area contributed by atoms with Gasteiger partial charge < -0.3 is 19.5 Å². The molecule has 0 aromatic carbocycles. The fraction of sp³-hybridized carbons (Fsp3) is 0.611. The van der Waals surface area contributed by atoms with Gasteiger partial charge in [-0.05, 0) is 25.5 Å². The highest BCUT2D eigenvalue weighted by Crippen LogP contribution is 2.46. The number of likely N-dealkylation sites (tertiary alicyclic amines) is 1. The van der Waals surface area contributed by atoms with Crippen molar-refractivity contribution in [3.63, 3.8) is 0 Å². The molecule has 2 aliphatic heterocycles. The molecule has 3 rings (SSSR count). The number of hydrogen-bond donors (Lipinski definition) is 1. The van der Waals surface area contributed by atoms with Crippen molar-refractivity contribution in [2.45, 2.75) is 37.0 Å². The lowest BCUT2D eigenvalue weighted by molar-refractivity contribution is -0.192. The summed E-state index contributed by atoms with van der Waals surface area (Å²) in [4.78, 5) is 26.9. The first-order chi connectivity index (χ1) is 13.6. The molecule has 1 spiro atoms. The summed E-state index contributed by atoms with van der Waals surface area (Å²) in [6, 6.07) is 5.87. The molecule has 1 N–H and O–H groups in total. The van der Waals surface area contributed by atoms with Gasteiger partial charge in [-0.2, -0.15) is 13.2 Å². The highest BCUT2D eigenvalue weighted by molar-refractivity contribution is 8.01. The number of amides is 1. The quantitative estimate of drug-likeness (QED) is 0.732. The van der Waals surface area contributed by atoms with Crippen LogP contribution in [0.3, 0.4) is 0 Å². The number of aromatic nitrogens is 1. The number of thioether (sulfide) groups is 1. The Labute approximate surface area is 170 Å². The highest BCUT2D eigenvalue weighted by Gasteiger charge is 2.50. The SMILES string of the molecule is CCOCC(=O)N1CC2(CC(OCc3ccccn3)CS2)C1.O=C(O)C(F)(F)F. The van der Waals surface area contributed by atoms with Gasteiger partial charge in [-0.15, -0.1) is 11.8 Å². The molecule has 162 valence electrons. The van der Waals surface area contributed by atoms with E-state index in [4.69, 9.17) is 19.4 Å². The lowest BCUT2D eigenvalue weighted by Crippen LogP contribution is -2.61. The summed E-state index contributed by atoms with van der Waals surface area (Å²) in [6.45, 7) is 4.91. The van der Waals surface area contributed by atoms with Crippen molar-refractivity contribution < 1.29 is 37.3 Å². The smallest absolute Gasteiger partial charge is 0.475 e. The number of ether oxygens (including phenoxy) is 2. The van der Waals surface area contributed by atoms with Crippen molar-refractivity contribution in [1.29, 1.82) is 0 Å². The van der Waals surface area contributed by atoms with Gasteiger partial charge >= 0.3 is 12.1 Å². The molecule has 1 aromatic heterocycles. The Morgan fingerprint density at radius 3 is 2.62 bits per heavy atom. The van der Waals surface area contributed by atoms with E-state index in [1.807, 2.05) is 41.8 Å². The number of carboxylic acid groups (broad SMARTS) is 1. The maximum Gasteiger partial charge on any atom is 0.490 e. The third kappa shape index (κ3) is 7.16. The molecule has 0 radical (unpaired) electrons. The van der Waals surface area contributed by atoms with E-state index in [1.54, 1.807) is 6.20 Å². The zero-order valence-corrected chi connectivity index (χ0v) is 16.7. The normalized spacial score (nSPS) is 20.0. The van der Waals surface area contributed by atoms with E-state index >= 15 is 0 Å². The number of halogens is 3. The molecule has 0 aliphatic carbocycles. The van der Waals surface area contributed by atoms with Crippen molar-refractivity contribution in [2.24, 2.45) is 0 Å². The minimum Gasteiger partial charge on any atom is -0.475 e. The van der Waals surface area contributed by atoms with Gasteiger partial charge in [0.05, 0.1) is 23.2 Å². The summed E-state index contributed by atoms with van der Waals surface area (Å²) in [7, 11) is 0. The van der Waals surface area contributed by atoms with Gasteiger partial charge in [-0.25, -0.2) is 4.79 Å². The molecule has 0 saturated carbocycles. The zero-order chi connectivity index (χ0) is 21.5. The molecule has 0 bridgehead atoms. The number of rotatable bonds is 6. The molecule has 7 nitrogen and oxygen atoms in total. The molecule has 1 amide bonds. The van der Waals surface area contributed by atoms with E-state index < -0.39 is 12.1 Å². The number of nitrogens with zero attached hydrogens (tertiary/aromatic N) is 2. The van der Waals surface area contributed by atoms with Crippen LogP contribution in [0.2, 0.25) is 0 Å². The van der Waals surface area contributed by atoms with Crippen molar-refractivity contribution in [3.05, 3.63) is 30.1 Å². The predicted octanol–water partition coefficient (Wildman–Crippen LogP) is 2.35. The van der Waals surface area contributed by atoms with Gasteiger partial charge in [0.1, 0.15) is 6.61 Å². The second kappa shape index (κ2) is 10.3. The Balaban J connectivity index is 0.000000370. The molecular formula is C18H23F3N2O5S. The van der Waals surface area contributed by atoms with Gasteiger partial charge in [-0.3, -0.25) is 9.78 Å². The van der Waals surface area contributed by atoms with E-state index in [9.17, 15) is 18.0 Å². The molecule has 11 heteroatoms. The summed E-state index contributed by atoms with van der Waals surface area (Å²) in [5.74, 6) is -1.65. The molecule has 2 saturated heterocycles. The van der Waals surface area contributed by atoms with Crippen LogP contribution in [-0.4, -0.2) is 76.0 Å². The van der Waals surface area contributed by atoms with E-state index in [0.29, 0.717) is 13.2 Å². The van der Waals surface area contributed by atoms with Gasteiger partial charge in [0.15, 0.2) is 0 Å². The Kier molecular flexibility index (Phi) is 8.29. The minimum absolute atomic E-state index is 0.103. The summed E-state index contributed by atoms with van der Waals surface area (Å²) < 4.78 is 43.1. The number of hydrogen-bond acceptors (Lipinski definition) is 6. The van der Waals surface area contributed by atoms with Crippen LogP contribution in [0, 0.1) is 0 Å². The van der Waals surface area contributed by atoms with Crippen molar-refractivity contribution in [3.8, 4) is 0 Å². The Bertz CT molecular complexity index is 684. The van der Waals surface area contributed by atoms with Crippen molar-refractivity contribution >= 4 is 23.6 Å². The number of pyridine rings is 1. The topological polar surface area (TPSA) is 89.0 Å². The minimum atomic E-state index is -5.08. The average molecular weight is 436 g/mol. The van der Waals surface area contributed by atoms with Crippen LogP contribution in [0.25, 0.3) is 0 Å². The van der Waals surface area contributed by atoms with Crippen LogP contribution >= 0.6 is 11.8 Å². The van der Waals surface area contributed by atoms with Crippen LogP contribution in [0.5, 0.6) is 0 Å². The fourth-order valence-corrected chi connectivity index (χ4v) is 4.47. The number of carbonyl (C=O) groups is 2. The Morgan fingerprint density at radius 2 is 2.07 bits per heavy atom. The first kappa shape index (κ1) is 23.4. The zero-order valence-electron chi connectivity index (χ0n) is 15.9. The third-order valence-electron chi connectivity index (χ3n) is 4.35. The molecule has 1 unspecified atom stereocenters. The summed E-state index contributed by atoms with van der Waals surface area (Å²) in [5.41, 5.74) is 0.968. The maximum atomic E-state index is 11.9. The third-order valence-corrected chi connectivity index (χ3v) is 5.93. The van der Waals surface area contributed by atoms with Gasteiger partial charge in [-0.1, -0.05) is 6.07 Å². The Hall–Kier alpha value is -1.85. The second-order valence-electron chi connectivity index (χ2n) is 6.64. The maximum absolute atomic E-state index is 11.9.